The van der Waals surface area contributed by atoms with Crippen LogP contribution in [-0.4, -0.2) is 16.9 Å². The summed E-state index contributed by atoms with van der Waals surface area (Å²) in [6.07, 6.45) is -0.449. The summed E-state index contributed by atoms with van der Waals surface area (Å²) < 4.78 is 4.67. The van der Waals surface area contributed by atoms with Gasteiger partial charge in [-0.2, -0.15) is 0 Å². The Kier molecular flexibility index (Phi) is 3.36. The third-order valence-corrected chi connectivity index (χ3v) is 1.26. The average Bonchev–Trinajstić information content (AvgIpc) is 1.53. The zero-order valence-electron chi connectivity index (χ0n) is 7.55. The highest BCUT2D eigenvalue weighted by atomic mass is 16.7. The van der Waals surface area contributed by atoms with Crippen LogP contribution in [0, 0.1) is 5.92 Å². The van der Waals surface area contributed by atoms with Crippen LogP contribution in [-0.2, 0) is 4.74 Å². The van der Waals surface area contributed by atoms with Gasteiger partial charge in [0.15, 0.2) is 0 Å². The average molecular weight is 160 g/mol. The molecule has 0 saturated carbocycles. The summed E-state index contributed by atoms with van der Waals surface area (Å²) in [7, 11) is 0. The van der Waals surface area contributed by atoms with Crippen LogP contribution in [0.3, 0.4) is 0 Å². The van der Waals surface area contributed by atoms with Crippen LogP contribution >= 0.6 is 0 Å². The monoisotopic (exact) mass is 160 g/mol. The first-order valence-corrected chi connectivity index (χ1v) is 3.75. The zero-order chi connectivity index (χ0) is 9.07. The van der Waals surface area contributed by atoms with E-state index in [9.17, 15) is 4.79 Å². The molecule has 0 aromatic heterocycles. The lowest BCUT2D eigenvalue weighted by atomic mass is 9.96. The molecule has 0 heterocycles. The number of hydrogen-bond donors (Lipinski definition) is 1. The van der Waals surface area contributed by atoms with Gasteiger partial charge in [0.25, 0.3) is 0 Å². The molecule has 0 fully saturated rings. The van der Waals surface area contributed by atoms with E-state index in [1.807, 2.05) is 13.8 Å². The number of ether oxygens (including phenoxy) is 1. The first kappa shape index (κ1) is 10.3. The molecule has 0 aliphatic carbocycles. The van der Waals surface area contributed by atoms with Crippen molar-refractivity contribution in [2.45, 2.75) is 39.7 Å². The number of hydrogen-bond acceptors (Lipinski definition) is 2. The molecule has 0 radical (unpaired) electrons. The summed E-state index contributed by atoms with van der Waals surface area (Å²) in [5, 5.41) is 8.34. The second kappa shape index (κ2) is 3.60. The third kappa shape index (κ3) is 5.70. The van der Waals surface area contributed by atoms with E-state index in [0.717, 1.165) is 6.42 Å². The molecule has 0 aliphatic rings. The Morgan fingerprint density at radius 2 is 2.00 bits per heavy atom. The van der Waals surface area contributed by atoms with E-state index >= 15 is 0 Å². The normalized spacial score (nSPS) is 11.7. The van der Waals surface area contributed by atoms with Crippen LogP contribution in [0.2, 0.25) is 0 Å². The van der Waals surface area contributed by atoms with Gasteiger partial charge < -0.3 is 9.84 Å². The lowest BCUT2D eigenvalue weighted by Crippen LogP contribution is -2.28. The maximum Gasteiger partial charge on any atom is 0.506 e. The molecular formula is C8H16O3. The van der Waals surface area contributed by atoms with Gasteiger partial charge in [0, 0.05) is 0 Å². The smallest absolute Gasteiger partial charge is 0.450 e. The van der Waals surface area contributed by atoms with Crippen LogP contribution in [0.4, 0.5) is 4.79 Å². The standard InChI is InChI=1S/C8H16O3/c1-6(2)5-8(3,4)11-7(9)10/h6H,5H2,1-4H3,(H,9,10). The summed E-state index contributed by atoms with van der Waals surface area (Å²) in [5.74, 6) is 0.448. The minimum atomic E-state index is -1.20. The quantitative estimate of drug-likeness (QED) is 0.645. The molecule has 0 amide bonds. The van der Waals surface area contributed by atoms with Crippen molar-refractivity contribution in [3.63, 3.8) is 0 Å². The molecule has 11 heavy (non-hydrogen) atoms. The van der Waals surface area contributed by atoms with E-state index in [0.29, 0.717) is 5.92 Å². The molecule has 3 heteroatoms. The second-order valence-electron chi connectivity index (χ2n) is 3.73. The van der Waals surface area contributed by atoms with Crippen molar-refractivity contribution in [2.24, 2.45) is 5.92 Å². The van der Waals surface area contributed by atoms with Gasteiger partial charge >= 0.3 is 6.16 Å². The summed E-state index contributed by atoms with van der Waals surface area (Å²) in [4.78, 5) is 10.2. The van der Waals surface area contributed by atoms with Gasteiger partial charge in [-0.05, 0) is 26.2 Å². The van der Waals surface area contributed by atoms with Crippen LogP contribution in [0.1, 0.15) is 34.1 Å². The van der Waals surface area contributed by atoms with Gasteiger partial charge in [-0.3, -0.25) is 0 Å². The van der Waals surface area contributed by atoms with Crippen molar-refractivity contribution < 1.29 is 14.6 Å². The van der Waals surface area contributed by atoms with E-state index in [4.69, 9.17) is 5.11 Å². The molecule has 0 rings (SSSR count). The van der Waals surface area contributed by atoms with Crippen molar-refractivity contribution in [2.75, 3.05) is 0 Å². The van der Waals surface area contributed by atoms with Gasteiger partial charge in [0.1, 0.15) is 5.60 Å². The summed E-state index contributed by atoms with van der Waals surface area (Å²) >= 11 is 0. The Bertz CT molecular complexity index is 138. The fraction of sp³-hybridized carbons (Fsp3) is 0.875. The molecule has 0 spiro atoms. The van der Waals surface area contributed by atoms with Gasteiger partial charge in [0.2, 0.25) is 0 Å². The SMILES string of the molecule is CC(C)CC(C)(C)OC(=O)O. The molecule has 0 aromatic rings. The second-order valence-corrected chi connectivity index (χ2v) is 3.73. The fourth-order valence-corrected chi connectivity index (χ4v) is 1.26. The van der Waals surface area contributed by atoms with Gasteiger partial charge in [-0.15, -0.1) is 0 Å². The first-order chi connectivity index (χ1) is 4.83. The van der Waals surface area contributed by atoms with E-state index in [1.165, 1.54) is 0 Å². The molecular weight excluding hydrogens is 144 g/mol. The fourth-order valence-electron chi connectivity index (χ4n) is 1.26. The van der Waals surface area contributed by atoms with Gasteiger partial charge in [-0.1, -0.05) is 13.8 Å². The summed E-state index contributed by atoms with van der Waals surface area (Å²) in [5.41, 5.74) is -0.556. The van der Waals surface area contributed by atoms with Crippen LogP contribution in [0.5, 0.6) is 0 Å². The highest BCUT2D eigenvalue weighted by Crippen LogP contribution is 2.19. The van der Waals surface area contributed by atoms with Crippen molar-refractivity contribution in [1.82, 2.24) is 0 Å². The van der Waals surface area contributed by atoms with Crippen molar-refractivity contribution in [3.8, 4) is 0 Å². The van der Waals surface area contributed by atoms with E-state index in [1.54, 1.807) is 13.8 Å². The Morgan fingerprint density at radius 1 is 1.55 bits per heavy atom. The lowest BCUT2D eigenvalue weighted by Gasteiger charge is -2.24. The molecule has 0 unspecified atom stereocenters. The molecule has 66 valence electrons. The molecule has 3 nitrogen and oxygen atoms in total. The van der Waals surface area contributed by atoms with Crippen molar-refractivity contribution in [1.29, 1.82) is 0 Å². The molecule has 1 N–H and O–H groups in total. The molecule has 0 atom stereocenters. The maximum atomic E-state index is 10.2. The topological polar surface area (TPSA) is 46.5 Å². The maximum absolute atomic E-state index is 10.2. The predicted octanol–water partition coefficient (Wildman–Crippen LogP) is 2.51. The largest absolute Gasteiger partial charge is 0.506 e. The third-order valence-electron chi connectivity index (χ3n) is 1.26. The van der Waals surface area contributed by atoms with E-state index < -0.39 is 11.8 Å². The van der Waals surface area contributed by atoms with Crippen molar-refractivity contribution in [3.05, 3.63) is 0 Å². The predicted molar refractivity (Wildman–Crippen MR) is 42.6 cm³/mol. The highest BCUT2D eigenvalue weighted by molar-refractivity contribution is 5.57. The van der Waals surface area contributed by atoms with Crippen LogP contribution in [0.25, 0.3) is 0 Å². The number of carbonyl (C=O) groups is 1. The number of carboxylic acid groups (broad SMARTS) is 1. The lowest BCUT2D eigenvalue weighted by molar-refractivity contribution is -0.00749. The minimum absolute atomic E-state index is 0.448. The van der Waals surface area contributed by atoms with E-state index in [-0.39, 0.29) is 0 Å². The van der Waals surface area contributed by atoms with Crippen LogP contribution in [0.15, 0.2) is 0 Å². The first-order valence-electron chi connectivity index (χ1n) is 3.75. The van der Waals surface area contributed by atoms with E-state index in [2.05, 4.69) is 4.74 Å². The Morgan fingerprint density at radius 3 is 2.27 bits per heavy atom. The van der Waals surface area contributed by atoms with Gasteiger partial charge in [-0.25, -0.2) is 4.79 Å². The summed E-state index contributed by atoms with van der Waals surface area (Å²) in [6.45, 7) is 7.63. The molecule has 0 aliphatic heterocycles. The Hall–Kier alpha value is -0.730. The minimum Gasteiger partial charge on any atom is -0.450 e. The van der Waals surface area contributed by atoms with Gasteiger partial charge in [0.05, 0.1) is 0 Å². The van der Waals surface area contributed by atoms with Crippen LogP contribution < -0.4 is 0 Å². The van der Waals surface area contributed by atoms with Crippen molar-refractivity contribution >= 4 is 6.16 Å². The molecule has 0 aromatic carbocycles. The highest BCUT2D eigenvalue weighted by Gasteiger charge is 2.23. The molecule has 0 bridgehead atoms. The Balaban J connectivity index is 3.89. The summed E-state index contributed by atoms with van der Waals surface area (Å²) in [6, 6.07) is 0. The number of rotatable bonds is 3. The zero-order valence-corrected chi connectivity index (χ0v) is 7.55. The molecule has 0 saturated heterocycles. The Labute approximate surface area is 67.4 Å².